The van der Waals surface area contributed by atoms with Gasteiger partial charge in [-0.2, -0.15) is 0 Å². The molecule has 6 atom stereocenters. The van der Waals surface area contributed by atoms with Crippen molar-refractivity contribution in [1.82, 2.24) is 66.8 Å². The van der Waals surface area contributed by atoms with Gasteiger partial charge in [-0.15, -0.1) is 68.0 Å². The number of alkyl carbamates (subject to hydrolysis) is 1. The molecule has 7 heterocycles. The van der Waals surface area contributed by atoms with E-state index < -0.39 is 97.0 Å². The Labute approximate surface area is 657 Å². The Morgan fingerprint density at radius 1 is 0.532 bits per heavy atom. The number of allylic oxidation sites excluding steroid dienone is 2. The monoisotopic (exact) mass is 1620 g/mol. The molecule has 0 bridgehead atoms. The number of aromatic nitrogens is 7. The SMILES string of the molecule is C/C=C(\NC(=O)c1csc([C@H](NC(=O)OC(C)(C)C)C(C)C)n1)c1nc(-c2nc(-c3nc(-c4nc(C(=O)N[C@H](C(=O)NC[C@H](C)OCOC)[C@@H](C)OCOC)cs4)cs3)ccc2-c2nc(C(=O)N[C@H](C(=O)N/C(=C\C)c3nc(C(=O)OCC)cs3)[C@@H](C)O[Si](c3ccccc3)(c3ccccc3)C(C)(C)C)cs2)cs1. The topological polar surface area (TPSA) is 347 Å². The second-order valence-electron chi connectivity index (χ2n) is 27.1. The highest BCUT2D eigenvalue weighted by Gasteiger charge is 2.52. The Morgan fingerprint density at radius 2 is 1.07 bits per heavy atom. The highest BCUT2D eigenvalue weighted by Crippen LogP contribution is 2.40. The Morgan fingerprint density at radius 3 is 1.68 bits per heavy atom. The molecule has 0 spiro atoms. The van der Waals surface area contributed by atoms with Gasteiger partial charge >= 0.3 is 12.1 Å². The third-order valence-corrected chi connectivity index (χ3v) is 26.9. The van der Waals surface area contributed by atoms with E-state index in [1.807, 2.05) is 74.5 Å². The highest BCUT2D eigenvalue weighted by molar-refractivity contribution is 7.15. The second-order valence-corrected chi connectivity index (χ2v) is 36.5. The first-order valence-electron chi connectivity index (χ1n) is 34.8. The number of pyridine rings is 1. The maximum Gasteiger partial charge on any atom is 0.408 e. The predicted octanol–water partition coefficient (Wildman–Crippen LogP) is 12.2. The minimum Gasteiger partial charge on any atom is -0.461 e. The van der Waals surface area contributed by atoms with Crippen LogP contribution in [0.1, 0.15) is 160 Å². The van der Waals surface area contributed by atoms with Crippen LogP contribution in [0.25, 0.3) is 54.8 Å². The lowest BCUT2D eigenvalue weighted by Gasteiger charge is -2.45. The summed E-state index contributed by atoms with van der Waals surface area (Å²) in [6, 6.07) is 20.3. The molecule has 0 saturated heterocycles. The summed E-state index contributed by atoms with van der Waals surface area (Å²) in [5.74, 6) is -3.73. The number of rotatable bonds is 34. The fraction of sp³-hybridized carbons (Fsp3) is 0.387. The molecule has 2 aromatic carbocycles. The molecular formula is C75H89N13O14S6Si. The van der Waals surface area contributed by atoms with E-state index in [0.717, 1.165) is 33.0 Å². The van der Waals surface area contributed by atoms with E-state index >= 15 is 9.59 Å². The largest absolute Gasteiger partial charge is 0.461 e. The van der Waals surface area contributed by atoms with Crippen LogP contribution in [0.15, 0.2) is 117 Å². The molecule has 9 aromatic rings. The molecule has 0 radical (unpaired) electrons. The first kappa shape index (κ1) is 84.0. The zero-order chi connectivity index (χ0) is 78.9. The average molecular weight is 1620 g/mol. The van der Waals surface area contributed by atoms with Gasteiger partial charge in [0.25, 0.3) is 26.0 Å². The van der Waals surface area contributed by atoms with Crippen molar-refractivity contribution in [2.45, 2.75) is 144 Å². The summed E-state index contributed by atoms with van der Waals surface area (Å²) < 4.78 is 39.5. The third kappa shape index (κ3) is 21.3. The van der Waals surface area contributed by atoms with E-state index in [4.69, 9.17) is 52.8 Å². The van der Waals surface area contributed by atoms with Crippen LogP contribution in [-0.2, 0) is 42.4 Å². The summed E-state index contributed by atoms with van der Waals surface area (Å²) >= 11 is 7.20. The predicted molar refractivity (Wildman–Crippen MR) is 427 cm³/mol. The maximum atomic E-state index is 15.2. The molecule has 0 aliphatic rings. The number of nitrogens with one attached hydrogen (secondary N) is 6. The summed E-state index contributed by atoms with van der Waals surface area (Å²) in [5.41, 5.74) is 2.10. The summed E-state index contributed by atoms with van der Waals surface area (Å²) in [6.07, 6.45) is 0.537. The molecule has 6 N–H and O–H groups in total. The molecule has 109 heavy (non-hydrogen) atoms. The number of thiazole rings is 6. The summed E-state index contributed by atoms with van der Waals surface area (Å²) in [5, 5.41) is 31.2. The number of carbonyl (C=O) groups is 7. The number of esters is 1. The van der Waals surface area contributed by atoms with Gasteiger partial charge in [0.2, 0.25) is 11.8 Å². The number of amides is 6. The fourth-order valence-corrected chi connectivity index (χ4v) is 21.0. The molecule has 578 valence electrons. The van der Waals surface area contributed by atoms with E-state index in [-0.39, 0.29) is 61.1 Å². The summed E-state index contributed by atoms with van der Waals surface area (Å²) in [4.78, 5) is 132. The van der Waals surface area contributed by atoms with E-state index in [0.29, 0.717) is 64.1 Å². The van der Waals surface area contributed by atoms with E-state index in [2.05, 4.69) is 67.6 Å². The lowest BCUT2D eigenvalue weighted by atomic mass is 10.1. The normalized spacial score (nSPS) is 13.9. The highest BCUT2D eigenvalue weighted by atomic mass is 32.1. The molecule has 34 heteroatoms. The lowest BCUT2D eigenvalue weighted by molar-refractivity contribution is -0.132. The average Bonchev–Trinajstić information content (AvgIpc) is 1.69. The van der Waals surface area contributed by atoms with Crippen LogP contribution in [0.5, 0.6) is 0 Å². The van der Waals surface area contributed by atoms with E-state index in [1.165, 1.54) is 59.6 Å². The maximum absolute atomic E-state index is 15.2. The minimum atomic E-state index is -3.40. The molecule has 6 amide bonds. The number of hydrogen-bond donors (Lipinski definition) is 6. The standard InChI is InChI=1S/C75H89N13O14S6Si/c1-17-48(78-61(89)52-36-108-71(83-52)57(41(4)5)88-73(95)101-74(9,10)11)67-80-51(33-104-67)60-47(30-31-50(77-60)69-84-55(37-106-69)70-82-54(35-105-70)63(91)86-58(43(7)100-40-97-16)64(92)76-32-42(6)99-39-96-15)66-81-53(34-103-66)62(90)87-59(65(93)79-49(18-2)68-85-56(38-107-68)72(94)98-19-3)44(8)102-109(75(12,13)14,45-26-22-20-23-27-45)46-28-24-21-25-29-46/h17-18,20-31,33-38,41-44,57-59H,19,32,39-40H2,1-16H3,(H,76,92)(H,78,89)(H,79,93)(H,86,91)(H,87,90)(H,88,95)/b48-17-,49-18-/t42-,43+,44+,57+,58-,59-/m0/s1. The van der Waals surface area contributed by atoms with Gasteiger partial charge in [-0.3, -0.25) is 24.0 Å². The first-order valence-corrected chi connectivity index (χ1v) is 42.0. The van der Waals surface area contributed by atoms with Crippen molar-refractivity contribution >= 4 is 140 Å². The van der Waals surface area contributed by atoms with Crippen LogP contribution < -0.4 is 42.3 Å². The van der Waals surface area contributed by atoms with E-state index in [9.17, 15) is 24.0 Å². The quantitative estimate of drug-likeness (QED) is 0.0124. The number of nitrogens with zero attached hydrogens (tertiary/aromatic N) is 7. The minimum absolute atomic E-state index is 0.0301. The Bertz CT molecular complexity index is 4660. The number of methoxy groups -OCH3 is 2. The zero-order valence-corrected chi connectivity index (χ0v) is 69.1. The summed E-state index contributed by atoms with van der Waals surface area (Å²) in [6.45, 7) is 26.0. The molecular weight excluding hydrogens is 1530 g/mol. The van der Waals surface area contributed by atoms with Crippen molar-refractivity contribution in [3.8, 4) is 43.4 Å². The molecule has 0 fully saturated rings. The number of hydrogen-bond acceptors (Lipinski definition) is 27. The van der Waals surface area contributed by atoms with Crippen molar-refractivity contribution < 1.29 is 66.4 Å². The van der Waals surface area contributed by atoms with Gasteiger partial charge in [-0.25, -0.2) is 44.5 Å². The molecule has 7 aromatic heterocycles. The van der Waals surface area contributed by atoms with Crippen LogP contribution in [0.4, 0.5) is 4.79 Å². The zero-order valence-electron chi connectivity index (χ0n) is 63.2. The van der Waals surface area contributed by atoms with Crippen LogP contribution in [0, 0.1) is 5.92 Å². The van der Waals surface area contributed by atoms with Gasteiger partial charge in [-0.1, -0.05) is 107 Å². The Balaban J connectivity index is 1.05. The van der Waals surface area contributed by atoms with Crippen molar-refractivity contribution in [3.63, 3.8) is 0 Å². The van der Waals surface area contributed by atoms with Gasteiger partial charge < -0.3 is 64.7 Å². The van der Waals surface area contributed by atoms with Gasteiger partial charge in [0, 0.05) is 58.6 Å². The van der Waals surface area contributed by atoms with Crippen LogP contribution >= 0.6 is 68.0 Å². The van der Waals surface area contributed by atoms with Crippen molar-refractivity contribution in [2.24, 2.45) is 5.92 Å². The fourth-order valence-electron chi connectivity index (χ4n) is 11.1. The van der Waals surface area contributed by atoms with Crippen LogP contribution in [0.3, 0.4) is 0 Å². The molecule has 0 aliphatic heterocycles. The molecule has 0 aliphatic carbocycles. The van der Waals surface area contributed by atoms with Crippen molar-refractivity contribution in [1.29, 1.82) is 0 Å². The van der Waals surface area contributed by atoms with Gasteiger partial charge in [0.05, 0.1) is 48.0 Å². The summed E-state index contributed by atoms with van der Waals surface area (Å²) in [7, 11) is -0.461. The number of benzene rings is 2. The number of carbonyl (C=O) groups excluding carboxylic acids is 7. The molecule has 0 unspecified atom stereocenters. The van der Waals surface area contributed by atoms with Gasteiger partial charge in [0.15, 0.2) is 5.69 Å². The van der Waals surface area contributed by atoms with Crippen LogP contribution in [0.2, 0.25) is 5.04 Å². The Kier molecular flexibility index (Phi) is 29.3. The van der Waals surface area contributed by atoms with Crippen molar-refractivity contribution in [2.75, 3.05) is 41.0 Å². The molecule has 9 rings (SSSR count). The molecule has 0 saturated carbocycles. The van der Waals surface area contributed by atoms with Gasteiger partial charge in [0.1, 0.15) is 95.5 Å². The smallest absolute Gasteiger partial charge is 0.408 e. The van der Waals surface area contributed by atoms with Crippen LogP contribution in [-0.4, -0.2) is 162 Å². The molecule has 27 nitrogen and oxygen atoms in total. The first-order chi connectivity index (χ1) is 52.0. The third-order valence-electron chi connectivity index (χ3n) is 16.5. The van der Waals surface area contributed by atoms with Gasteiger partial charge in [-0.05, 0) is 95.8 Å². The second kappa shape index (κ2) is 38.1. The number of ether oxygens (including phenoxy) is 6. The lowest BCUT2D eigenvalue weighted by Crippen LogP contribution is -2.69. The Hall–Kier alpha value is -9.04. The van der Waals surface area contributed by atoms with Crippen molar-refractivity contribution in [3.05, 3.63) is 155 Å². The van der Waals surface area contributed by atoms with E-state index in [1.54, 1.807) is 119 Å².